The van der Waals surface area contributed by atoms with Crippen LogP contribution in [0.4, 0.5) is 0 Å². The van der Waals surface area contributed by atoms with Gasteiger partial charge >= 0.3 is 0 Å². The summed E-state index contributed by atoms with van der Waals surface area (Å²) in [5.74, 6) is 0. The summed E-state index contributed by atoms with van der Waals surface area (Å²) in [4.78, 5) is 0. The summed E-state index contributed by atoms with van der Waals surface area (Å²) in [5, 5.41) is 0. The van der Waals surface area contributed by atoms with Crippen LogP contribution in [0.1, 0.15) is 5.56 Å². The Balaban J connectivity index is 2.48. The highest BCUT2D eigenvalue weighted by Gasteiger charge is 2.01. The van der Waals surface area contributed by atoms with Gasteiger partial charge in [-0.2, -0.15) is 0 Å². The van der Waals surface area contributed by atoms with Gasteiger partial charge in [0.25, 0.3) is 0 Å². The standard InChI is InChI=1S/C15H14/c1-2-8-13-11-6-7-12-15(13)14-9-4-3-5-10-14/h2-7,9-12H,1,8H2. The Bertz CT molecular complexity index is 441. The van der Waals surface area contributed by atoms with Crippen molar-refractivity contribution in [2.24, 2.45) is 0 Å². The molecule has 0 unspecified atom stereocenters. The maximum absolute atomic E-state index is 3.79. The Morgan fingerprint density at radius 1 is 0.867 bits per heavy atom. The molecule has 0 saturated heterocycles. The molecule has 2 aromatic rings. The SMILES string of the molecule is C=CCc1ccccc1-c1ccccc1. The summed E-state index contributed by atoms with van der Waals surface area (Å²) >= 11 is 0. The highest BCUT2D eigenvalue weighted by atomic mass is 14.1. The smallest absolute Gasteiger partial charge is 0.00940 e. The first kappa shape index (κ1) is 9.72. The third kappa shape index (κ3) is 2.16. The number of benzene rings is 2. The van der Waals surface area contributed by atoms with E-state index in [2.05, 4.69) is 55.1 Å². The third-order valence-electron chi connectivity index (χ3n) is 2.47. The Kier molecular flexibility index (Phi) is 2.99. The number of hydrogen-bond donors (Lipinski definition) is 0. The molecule has 0 spiro atoms. The van der Waals surface area contributed by atoms with Gasteiger partial charge in [-0.05, 0) is 23.1 Å². The second-order valence-electron chi connectivity index (χ2n) is 3.52. The van der Waals surface area contributed by atoms with Crippen molar-refractivity contribution in [1.29, 1.82) is 0 Å². The molecule has 0 N–H and O–H groups in total. The van der Waals surface area contributed by atoms with E-state index in [-0.39, 0.29) is 0 Å². The fourth-order valence-electron chi connectivity index (χ4n) is 1.75. The first-order chi connectivity index (χ1) is 7.42. The largest absolute Gasteiger partial charge is 0.103 e. The van der Waals surface area contributed by atoms with Crippen LogP contribution in [0.15, 0.2) is 67.3 Å². The fraction of sp³-hybridized carbons (Fsp3) is 0.0667. The van der Waals surface area contributed by atoms with Crippen molar-refractivity contribution in [3.8, 4) is 11.1 Å². The van der Waals surface area contributed by atoms with Crippen LogP contribution in [-0.2, 0) is 6.42 Å². The lowest BCUT2D eigenvalue weighted by Gasteiger charge is -2.07. The van der Waals surface area contributed by atoms with Gasteiger partial charge in [-0.3, -0.25) is 0 Å². The first-order valence-electron chi connectivity index (χ1n) is 5.16. The van der Waals surface area contributed by atoms with Crippen LogP contribution in [-0.4, -0.2) is 0 Å². The molecule has 15 heavy (non-hydrogen) atoms. The van der Waals surface area contributed by atoms with Crippen LogP contribution < -0.4 is 0 Å². The second-order valence-corrected chi connectivity index (χ2v) is 3.52. The van der Waals surface area contributed by atoms with E-state index in [1.807, 2.05) is 12.1 Å². The molecule has 0 saturated carbocycles. The molecule has 0 fully saturated rings. The number of hydrogen-bond acceptors (Lipinski definition) is 0. The molecular weight excluding hydrogens is 180 g/mol. The van der Waals surface area contributed by atoms with E-state index in [4.69, 9.17) is 0 Å². The van der Waals surface area contributed by atoms with Crippen molar-refractivity contribution in [3.05, 3.63) is 72.8 Å². The van der Waals surface area contributed by atoms with Gasteiger partial charge in [0.15, 0.2) is 0 Å². The molecule has 0 radical (unpaired) electrons. The lowest BCUT2D eigenvalue weighted by Crippen LogP contribution is -1.86. The minimum Gasteiger partial charge on any atom is -0.103 e. The molecule has 0 aliphatic rings. The van der Waals surface area contributed by atoms with Gasteiger partial charge in [-0.1, -0.05) is 60.7 Å². The lowest BCUT2D eigenvalue weighted by atomic mass is 9.98. The average molecular weight is 194 g/mol. The molecule has 0 atom stereocenters. The van der Waals surface area contributed by atoms with E-state index in [1.54, 1.807) is 0 Å². The van der Waals surface area contributed by atoms with Gasteiger partial charge in [-0.25, -0.2) is 0 Å². The number of rotatable bonds is 3. The van der Waals surface area contributed by atoms with Crippen molar-refractivity contribution in [1.82, 2.24) is 0 Å². The summed E-state index contributed by atoms with van der Waals surface area (Å²) in [6, 6.07) is 18.9. The molecule has 0 bridgehead atoms. The molecule has 0 aliphatic carbocycles. The van der Waals surface area contributed by atoms with Gasteiger partial charge in [0.1, 0.15) is 0 Å². The van der Waals surface area contributed by atoms with Crippen LogP contribution in [0, 0.1) is 0 Å². The Morgan fingerprint density at radius 2 is 1.53 bits per heavy atom. The van der Waals surface area contributed by atoms with Crippen molar-refractivity contribution < 1.29 is 0 Å². The van der Waals surface area contributed by atoms with Gasteiger partial charge in [0.05, 0.1) is 0 Å². The fourth-order valence-corrected chi connectivity index (χ4v) is 1.75. The van der Waals surface area contributed by atoms with E-state index in [0.717, 1.165) is 6.42 Å². The van der Waals surface area contributed by atoms with Gasteiger partial charge in [0.2, 0.25) is 0 Å². The predicted octanol–water partition coefficient (Wildman–Crippen LogP) is 4.08. The Hall–Kier alpha value is -1.82. The van der Waals surface area contributed by atoms with Gasteiger partial charge < -0.3 is 0 Å². The molecule has 0 aromatic heterocycles. The molecule has 2 aromatic carbocycles. The van der Waals surface area contributed by atoms with Crippen molar-refractivity contribution in [2.45, 2.75) is 6.42 Å². The quantitative estimate of drug-likeness (QED) is 0.646. The molecule has 74 valence electrons. The van der Waals surface area contributed by atoms with Crippen LogP contribution in [0.5, 0.6) is 0 Å². The minimum atomic E-state index is 0.922. The number of allylic oxidation sites excluding steroid dienone is 1. The maximum atomic E-state index is 3.79. The topological polar surface area (TPSA) is 0 Å². The zero-order valence-corrected chi connectivity index (χ0v) is 8.69. The summed E-state index contributed by atoms with van der Waals surface area (Å²) in [6.45, 7) is 3.79. The van der Waals surface area contributed by atoms with Crippen LogP contribution >= 0.6 is 0 Å². The molecule has 0 nitrogen and oxygen atoms in total. The van der Waals surface area contributed by atoms with Crippen LogP contribution in [0.25, 0.3) is 11.1 Å². The summed E-state index contributed by atoms with van der Waals surface area (Å²) in [7, 11) is 0. The van der Waals surface area contributed by atoms with Crippen molar-refractivity contribution in [2.75, 3.05) is 0 Å². The van der Waals surface area contributed by atoms with Gasteiger partial charge in [-0.15, -0.1) is 6.58 Å². The second kappa shape index (κ2) is 4.61. The molecule has 0 heterocycles. The molecule has 0 heteroatoms. The van der Waals surface area contributed by atoms with E-state index in [1.165, 1.54) is 16.7 Å². The van der Waals surface area contributed by atoms with E-state index in [0.29, 0.717) is 0 Å². The van der Waals surface area contributed by atoms with Gasteiger partial charge in [0, 0.05) is 0 Å². The molecular formula is C15H14. The molecule has 0 amide bonds. The van der Waals surface area contributed by atoms with Crippen LogP contribution in [0.2, 0.25) is 0 Å². The monoisotopic (exact) mass is 194 g/mol. The average Bonchev–Trinajstić information content (AvgIpc) is 2.31. The minimum absolute atomic E-state index is 0.922. The van der Waals surface area contributed by atoms with E-state index in [9.17, 15) is 0 Å². The molecule has 2 rings (SSSR count). The first-order valence-corrected chi connectivity index (χ1v) is 5.16. The molecule has 0 aliphatic heterocycles. The van der Waals surface area contributed by atoms with Crippen molar-refractivity contribution >= 4 is 0 Å². The summed E-state index contributed by atoms with van der Waals surface area (Å²) in [6.07, 6.45) is 2.87. The predicted molar refractivity (Wildman–Crippen MR) is 65.8 cm³/mol. The normalized spacial score (nSPS) is 9.87. The Labute approximate surface area is 90.9 Å². The van der Waals surface area contributed by atoms with Crippen molar-refractivity contribution in [3.63, 3.8) is 0 Å². The maximum Gasteiger partial charge on any atom is -0.00940 e. The third-order valence-corrected chi connectivity index (χ3v) is 2.47. The summed E-state index contributed by atoms with van der Waals surface area (Å²) < 4.78 is 0. The Morgan fingerprint density at radius 3 is 2.27 bits per heavy atom. The zero-order valence-electron chi connectivity index (χ0n) is 8.69. The highest BCUT2D eigenvalue weighted by molar-refractivity contribution is 5.67. The van der Waals surface area contributed by atoms with E-state index >= 15 is 0 Å². The zero-order chi connectivity index (χ0) is 10.5. The summed E-state index contributed by atoms with van der Waals surface area (Å²) in [5.41, 5.74) is 3.91. The lowest BCUT2D eigenvalue weighted by molar-refractivity contribution is 1.28. The van der Waals surface area contributed by atoms with Crippen LogP contribution in [0.3, 0.4) is 0 Å². The highest BCUT2D eigenvalue weighted by Crippen LogP contribution is 2.23. The van der Waals surface area contributed by atoms with E-state index < -0.39 is 0 Å².